The van der Waals surface area contributed by atoms with Crippen LogP contribution < -0.4 is 60.1 Å². The zero-order chi connectivity index (χ0) is 38.7. The summed E-state index contributed by atoms with van der Waals surface area (Å²) >= 11 is 0. The molecule has 0 amide bonds. The molecule has 0 nitrogen and oxygen atoms in total. The quantitative estimate of drug-likeness (QED) is 0.113. The molecule has 9 aromatic rings. The summed E-state index contributed by atoms with van der Waals surface area (Å²) in [7, 11) is -2.63. The van der Waals surface area contributed by atoms with Crippen LogP contribution in [-0.4, -0.2) is 0 Å². The van der Waals surface area contributed by atoms with Crippen molar-refractivity contribution in [1.82, 2.24) is 0 Å². The van der Waals surface area contributed by atoms with E-state index in [1.807, 2.05) is 0 Å². The average Bonchev–Trinajstić information content (AvgIpc) is 3.30. The third kappa shape index (κ3) is 13.1. The SMILES string of the molecule is [Cl-].[H-].[Ru+2].c1ccc([PH+](c2ccccc2)c2ccccc2)cc1.c1ccc([PH+](c2ccccc2)c2ccccc2)cc1.c1ccc([PH+](c2ccccc2)c2ccccc2)cc1. The van der Waals surface area contributed by atoms with E-state index in [-0.39, 0.29) is 33.3 Å². The first kappa shape index (κ1) is 45.3. The Bertz CT molecular complexity index is 1870. The summed E-state index contributed by atoms with van der Waals surface area (Å²) in [5.41, 5.74) is 0. The topological polar surface area (TPSA) is 0 Å². The van der Waals surface area contributed by atoms with Gasteiger partial charge < -0.3 is 13.8 Å². The minimum Gasteiger partial charge on any atom is -1.00 e. The molecule has 0 aliphatic heterocycles. The second-order valence-corrected chi connectivity index (χ2v) is 20.9. The van der Waals surface area contributed by atoms with Crippen LogP contribution in [0.15, 0.2) is 273 Å². The Morgan fingerprint density at radius 3 is 0.339 bits per heavy atom. The van der Waals surface area contributed by atoms with E-state index < -0.39 is 23.8 Å². The third-order valence-corrected chi connectivity index (χ3v) is 17.8. The van der Waals surface area contributed by atoms with Gasteiger partial charge in [0.1, 0.15) is 47.7 Å². The molecule has 9 rings (SSSR count). The minimum absolute atomic E-state index is 0. The molecule has 0 saturated carbocycles. The monoisotopic (exact) mass is 927 g/mol. The number of hydrogen-bond acceptors (Lipinski definition) is 0. The van der Waals surface area contributed by atoms with E-state index >= 15 is 0 Å². The van der Waals surface area contributed by atoms with Crippen LogP contribution in [0.2, 0.25) is 0 Å². The molecule has 9 aromatic carbocycles. The van der Waals surface area contributed by atoms with Crippen LogP contribution in [0.25, 0.3) is 0 Å². The van der Waals surface area contributed by atoms with Gasteiger partial charge in [0.15, 0.2) is 0 Å². The molecule has 0 heterocycles. The molecule has 292 valence electrons. The fourth-order valence-electron chi connectivity index (χ4n) is 6.94. The van der Waals surface area contributed by atoms with Crippen molar-refractivity contribution in [3.63, 3.8) is 0 Å². The summed E-state index contributed by atoms with van der Waals surface area (Å²) in [4.78, 5) is 0. The van der Waals surface area contributed by atoms with Gasteiger partial charge in [-0.25, -0.2) is 0 Å². The van der Waals surface area contributed by atoms with Crippen LogP contribution in [0, 0.1) is 0 Å². The van der Waals surface area contributed by atoms with E-state index in [0.29, 0.717) is 0 Å². The van der Waals surface area contributed by atoms with Crippen molar-refractivity contribution in [3.8, 4) is 0 Å². The molecule has 0 N–H and O–H groups in total. The van der Waals surface area contributed by atoms with Gasteiger partial charge in [-0.05, 0) is 109 Å². The smallest absolute Gasteiger partial charge is 1.00 e. The number of rotatable bonds is 9. The molecule has 0 radical (unpaired) electrons. The molecular weight excluding hydrogens is 878 g/mol. The Kier molecular flexibility index (Phi) is 19.1. The number of halogens is 1. The Hall–Kier alpha value is -4.82. The van der Waals surface area contributed by atoms with E-state index in [9.17, 15) is 0 Å². The molecule has 0 spiro atoms. The van der Waals surface area contributed by atoms with Gasteiger partial charge in [-0.3, -0.25) is 0 Å². The molecule has 0 aliphatic carbocycles. The van der Waals surface area contributed by atoms with Gasteiger partial charge >= 0.3 is 19.5 Å². The molecule has 59 heavy (non-hydrogen) atoms. The maximum atomic E-state index is 2.24. The van der Waals surface area contributed by atoms with Gasteiger partial charge in [0, 0.05) is 0 Å². The van der Waals surface area contributed by atoms with Crippen LogP contribution in [-0.2, 0) is 19.5 Å². The van der Waals surface area contributed by atoms with Gasteiger partial charge in [0.25, 0.3) is 0 Å². The normalized spacial score (nSPS) is 10.2. The van der Waals surface area contributed by atoms with Crippen LogP contribution in [0.5, 0.6) is 0 Å². The fraction of sp³-hybridized carbons (Fsp3) is 0. The molecule has 5 heteroatoms. The number of benzene rings is 9. The van der Waals surface area contributed by atoms with Crippen molar-refractivity contribution in [1.29, 1.82) is 0 Å². The first-order valence-electron chi connectivity index (χ1n) is 19.4. The fourth-order valence-corrected chi connectivity index (χ4v) is 14.7. The summed E-state index contributed by atoms with van der Waals surface area (Å²) in [5.74, 6) is 0. The molecule has 0 unspecified atom stereocenters. The molecular formula is C54H49ClP3Ru+3. The summed E-state index contributed by atoms with van der Waals surface area (Å²) in [6.45, 7) is 0. The van der Waals surface area contributed by atoms with Crippen molar-refractivity contribution < 1.29 is 33.3 Å². The van der Waals surface area contributed by atoms with Crippen molar-refractivity contribution in [3.05, 3.63) is 273 Å². The second-order valence-electron chi connectivity index (χ2n) is 13.4. The van der Waals surface area contributed by atoms with Crippen molar-refractivity contribution in [2.45, 2.75) is 0 Å². The van der Waals surface area contributed by atoms with E-state index in [1.54, 1.807) is 0 Å². The van der Waals surface area contributed by atoms with Crippen LogP contribution in [0.3, 0.4) is 0 Å². The van der Waals surface area contributed by atoms with Gasteiger partial charge in [-0.1, -0.05) is 164 Å². The summed E-state index contributed by atoms with van der Waals surface area (Å²) in [6, 6.07) is 97.5. The summed E-state index contributed by atoms with van der Waals surface area (Å²) in [5, 5.41) is 12.9. The first-order chi connectivity index (χ1) is 28.3. The Labute approximate surface area is 375 Å². The number of hydrogen-bond donors (Lipinski definition) is 0. The summed E-state index contributed by atoms with van der Waals surface area (Å²) in [6.07, 6.45) is 0. The predicted molar refractivity (Wildman–Crippen MR) is 261 cm³/mol. The zero-order valence-corrected chi connectivity index (χ0v) is 38.2. The largest absolute Gasteiger partial charge is 2.00 e. The van der Waals surface area contributed by atoms with Crippen LogP contribution in [0.4, 0.5) is 0 Å². The molecule has 0 fully saturated rings. The van der Waals surface area contributed by atoms with Gasteiger partial charge in [-0.2, -0.15) is 0 Å². The Morgan fingerprint density at radius 2 is 0.254 bits per heavy atom. The van der Waals surface area contributed by atoms with E-state index in [2.05, 4.69) is 273 Å². The van der Waals surface area contributed by atoms with Crippen molar-refractivity contribution in [2.75, 3.05) is 0 Å². The maximum absolute atomic E-state index is 2.24. The molecule has 0 bridgehead atoms. The van der Waals surface area contributed by atoms with E-state index in [4.69, 9.17) is 0 Å². The van der Waals surface area contributed by atoms with Gasteiger partial charge in [0.05, 0.1) is 23.8 Å². The molecule has 0 aliphatic rings. The third-order valence-electron chi connectivity index (χ3n) is 9.56. The Balaban J connectivity index is 0.000000194. The maximum Gasteiger partial charge on any atom is 2.00 e. The van der Waals surface area contributed by atoms with E-state index in [0.717, 1.165) is 0 Å². The Morgan fingerprint density at radius 1 is 0.169 bits per heavy atom. The second kappa shape index (κ2) is 25.0. The predicted octanol–water partition coefficient (Wildman–Crippen LogP) is 6.65. The van der Waals surface area contributed by atoms with Gasteiger partial charge in [-0.15, -0.1) is 0 Å². The van der Waals surface area contributed by atoms with Crippen molar-refractivity contribution >= 4 is 71.5 Å². The molecule has 0 saturated heterocycles. The summed E-state index contributed by atoms with van der Waals surface area (Å²) < 4.78 is 0. The van der Waals surface area contributed by atoms with Crippen LogP contribution in [0.1, 0.15) is 1.43 Å². The molecule has 0 aromatic heterocycles. The van der Waals surface area contributed by atoms with E-state index in [1.165, 1.54) is 47.7 Å². The van der Waals surface area contributed by atoms with Crippen molar-refractivity contribution in [2.24, 2.45) is 0 Å². The minimum atomic E-state index is -0.877. The zero-order valence-electron chi connectivity index (χ0n) is 33.7. The van der Waals surface area contributed by atoms with Gasteiger partial charge in [0.2, 0.25) is 0 Å². The average molecular weight is 927 g/mol. The first-order valence-corrected chi connectivity index (χ1v) is 23.9. The standard InChI is InChI=1S/3C18H15P.ClH.Ru.H/c3*1-4-10-16(11-5-1)19(17-12-6-2-7-13-17)18-14-8-3-9-15-18;;;/h3*1-15H;1H;;/q;;;;+2;-1/p+2. The molecule has 0 atom stereocenters. The van der Waals surface area contributed by atoms with Crippen LogP contribution >= 0.6 is 23.8 Å².